The molecule has 13 heteroatoms. The van der Waals surface area contributed by atoms with E-state index in [1.807, 2.05) is 0 Å². The molecule has 35 heavy (non-hydrogen) atoms. The van der Waals surface area contributed by atoms with E-state index in [9.17, 15) is 37.3 Å². The van der Waals surface area contributed by atoms with E-state index >= 15 is 0 Å². The minimum absolute atomic E-state index is 0.0475. The third-order valence-electron chi connectivity index (χ3n) is 5.39. The van der Waals surface area contributed by atoms with Crippen LogP contribution in [0.25, 0.3) is 0 Å². The van der Waals surface area contributed by atoms with Crippen LogP contribution >= 0.6 is 0 Å². The van der Waals surface area contributed by atoms with Crippen molar-refractivity contribution >= 4 is 33.8 Å². The van der Waals surface area contributed by atoms with Gasteiger partial charge in [0.15, 0.2) is 5.78 Å². The summed E-state index contributed by atoms with van der Waals surface area (Å²) in [5.41, 5.74) is -2.19. The van der Waals surface area contributed by atoms with Crippen LogP contribution in [0.4, 0.5) is 4.79 Å². The maximum atomic E-state index is 13.0. The summed E-state index contributed by atoms with van der Waals surface area (Å²) in [7, 11) is -5.41. The number of nitrogens with one attached hydrogen (secondary N) is 3. The van der Waals surface area contributed by atoms with Crippen LogP contribution in [0.1, 0.15) is 38.7 Å². The number of ether oxygens (including phenoxy) is 1. The van der Waals surface area contributed by atoms with E-state index in [1.165, 1.54) is 0 Å². The van der Waals surface area contributed by atoms with Crippen LogP contribution in [0.15, 0.2) is 30.3 Å². The zero-order valence-electron chi connectivity index (χ0n) is 19.4. The number of hydrogen-bond donors (Lipinski definition) is 4. The first kappa shape index (κ1) is 28.2. The molecule has 1 saturated heterocycles. The topological polar surface area (TPSA) is 191 Å². The van der Waals surface area contributed by atoms with Crippen LogP contribution in [0.3, 0.4) is 0 Å². The Kier molecular flexibility index (Phi) is 10.2. The number of benzene rings is 1. The summed E-state index contributed by atoms with van der Waals surface area (Å²) in [5.74, 6) is -3.54. The number of carbonyl (C=O) groups excluding carboxylic acids is 4. The zero-order valence-corrected chi connectivity index (χ0v) is 20.2. The van der Waals surface area contributed by atoms with E-state index < -0.39 is 57.2 Å². The fourth-order valence-electron chi connectivity index (χ4n) is 3.60. The first-order valence-corrected chi connectivity index (χ1v) is 12.6. The molecular formula is C22H30N3O9S-. The van der Waals surface area contributed by atoms with Gasteiger partial charge in [-0.25, -0.2) is 13.2 Å². The normalized spacial score (nSPS) is 18.3. The smallest absolute Gasteiger partial charge is 0.408 e. The van der Waals surface area contributed by atoms with Crippen molar-refractivity contribution in [2.24, 2.45) is 11.8 Å². The van der Waals surface area contributed by atoms with Gasteiger partial charge in [-0.2, -0.15) is 0 Å². The summed E-state index contributed by atoms with van der Waals surface area (Å²) in [6.45, 7) is 3.85. The van der Waals surface area contributed by atoms with Crippen molar-refractivity contribution in [1.82, 2.24) is 16.0 Å². The summed E-state index contributed by atoms with van der Waals surface area (Å²) < 4.78 is 38.7. The number of aliphatic hydroxyl groups excluding tert-OH is 1. The molecule has 0 saturated carbocycles. The monoisotopic (exact) mass is 512 g/mol. The molecule has 1 aliphatic rings. The molecule has 0 aliphatic carbocycles. The third kappa shape index (κ3) is 8.92. The average Bonchev–Trinajstić information content (AvgIpc) is 3.19. The minimum Gasteiger partial charge on any atom is -0.746 e. The second-order valence-electron chi connectivity index (χ2n) is 8.71. The van der Waals surface area contributed by atoms with Gasteiger partial charge < -0.3 is 30.3 Å². The first-order valence-electron chi connectivity index (χ1n) is 11.1. The van der Waals surface area contributed by atoms with Crippen molar-refractivity contribution in [1.29, 1.82) is 0 Å². The van der Waals surface area contributed by atoms with Gasteiger partial charge in [-0.15, -0.1) is 0 Å². The predicted molar refractivity (Wildman–Crippen MR) is 121 cm³/mol. The van der Waals surface area contributed by atoms with Gasteiger partial charge in [-0.05, 0) is 30.7 Å². The molecule has 1 aliphatic heterocycles. The lowest BCUT2D eigenvalue weighted by atomic mass is 9.95. The van der Waals surface area contributed by atoms with Gasteiger partial charge in [0.05, 0.1) is 6.04 Å². The highest BCUT2D eigenvalue weighted by molar-refractivity contribution is 7.87. The van der Waals surface area contributed by atoms with E-state index in [0.29, 0.717) is 13.0 Å². The standard InChI is InChI=1S/C22H31N3O9S/c1-13(2)10-17(25-22(30)34-12-14-6-4-3-5-7-14)20(28)24-16(11-15-8-9-23-19(15)27)18(26)21(29)35(31,32)33/h3-7,13,15-17,21,29H,8-12H2,1-2H3,(H,23,27)(H,24,28)(H,25,30)(H,31,32,33)/p-1/t15-,16+,17+,21?/m1/s1. The molecule has 1 aromatic carbocycles. The highest BCUT2D eigenvalue weighted by Gasteiger charge is 2.37. The van der Waals surface area contributed by atoms with E-state index in [2.05, 4.69) is 16.0 Å². The zero-order chi connectivity index (χ0) is 26.2. The highest BCUT2D eigenvalue weighted by atomic mass is 32.2. The number of ketones is 1. The second kappa shape index (κ2) is 12.6. The molecule has 2 rings (SSSR count). The highest BCUT2D eigenvalue weighted by Crippen LogP contribution is 2.19. The summed E-state index contributed by atoms with van der Waals surface area (Å²) in [6.07, 6.45) is -0.761. The summed E-state index contributed by atoms with van der Waals surface area (Å²) in [5, 5.41) is 17.0. The Morgan fingerprint density at radius 2 is 1.83 bits per heavy atom. The maximum absolute atomic E-state index is 13.0. The summed E-state index contributed by atoms with van der Waals surface area (Å²) >= 11 is 0. The largest absolute Gasteiger partial charge is 0.746 e. The minimum atomic E-state index is -5.41. The second-order valence-corrected chi connectivity index (χ2v) is 10.1. The Morgan fingerprint density at radius 3 is 2.37 bits per heavy atom. The molecule has 1 aromatic rings. The molecule has 0 aromatic heterocycles. The number of hydrogen-bond acceptors (Lipinski definition) is 9. The Hall–Kier alpha value is -3.03. The van der Waals surface area contributed by atoms with Crippen LogP contribution in [0, 0.1) is 11.8 Å². The van der Waals surface area contributed by atoms with Crippen molar-refractivity contribution in [3.63, 3.8) is 0 Å². The molecule has 4 atom stereocenters. The predicted octanol–water partition coefficient (Wildman–Crippen LogP) is -0.229. The van der Waals surface area contributed by atoms with Gasteiger partial charge in [0.1, 0.15) is 22.8 Å². The molecule has 0 spiro atoms. The lowest BCUT2D eigenvalue weighted by molar-refractivity contribution is -0.132. The van der Waals surface area contributed by atoms with Gasteiger partial charge in [0.2, 0.25) is 17.3 Å². The van der Waals surface area contributed by atoms with Crippen LogP contribution < -0.4 is 16.0 Å². The average molecular weight is 513 g/mol. The molecule has 1 unspecified atom stereocenters. The van der Waals surface area contributed by atoms with Crippen LogP contribution in [0.2, 0.25) is 0 Å². The number of alkyl carbamates (subject to hydrolysis) is 1. The van der Waals surface area contributed by atoms with E-state index in [4.69, 9.17) is 4.74 Å². The Morgan fingerprint density at radius 1 is 1.17 bits per heavy atom. The van der Waals surface area contributed by atoms with Gasteiger partial charge in [0, 0.05) is 12.5 Å². The SMILES string of the molecule is CC(C)C[C@H](NC(=O)OCc1ccccc1)C(=O)N[C@@H](C[C@H]1CCNC1=O)C(=O)C(O)S(=O)(=O)[O-]. The Balaban J connectivity index is 2.13. The summed E-state index contributed by atoms with van der Waals surface area (Å²) in [4.78, 5) is 49.8. The van der Waals surface area contributed by atoms with Crippen LogP contribution in [0.5, 0.6) is 0 Å². The molecule has 0 radical (unpaired) electrons. The lowest BCUT2D eigenvalue weighted by Gasteiger charge is -2.26. The quantitative estimate of drug-likeness (QED) is 0.274. The third-order valence-corrected chi connectivity index (χ3v) is 6.17. The fourth-order valence-corrected chi connectivity index (χ4v) is 4.05. The van der Waals surface area contributed by atoms with E-state index in [0.717, 1.165) is 5.56 Å². The number of Topliss-reactive ketones (excluding diaryl/α,β-unsaturated/α-hetero) is 1. The van der Waals surface area contributed by atoms with Crippen molar-refractivity contribution in [3.8, 4) is 0 Å². The van der Waals surface area contributed by atoms with Crippen molar-refractivity contribution < 1.29 is 42.0 Å². The van der Waals surface area contributed by atoms with Crippen molar-refractivity contribution in [2.75, 3.05) is 6.54 Å². The van der Waals surface area contributed by atoms with Gasteiger partial charge in [-0.3, -0.25) is 14.4 Å². The molecular weight excluding hydrogens is 482 g/mol. The molecule has 3 amide bonds. The van der Waals surface area contributed by atoms with E-state index in [-0.39, 0.29) is 25.4 Å². The molecule has 12 nitrogen and oxygen atoms in total. The lowest BCUT2D eigenvalue weighted by Crippen LogP contribution is -2.55. The number of aliphatic hydroxyl groups is 1. The van der Waals surface area contributed by atoms with Gasteiger partial charge in [-0.1, -0.05) is 44.2 Å². The van der Waals surface area contributed by atoms with Crippen LogP contribution in [-0.4, -0.2) is 65.8 Å². The first-order chi connectivity index (χ1) is 16.4. The molecule has 194 valence electrons. The van der Waals surface area contributed by atoms with Crippen LogP contribution in [-0.2, 0) is 35.8 Å². The van der Waals surface area contributed by atoms with E-state index in [1.54, 1.807) is 44.2 Å². The molecule has 4 N–H and O–H groups in total. The summed E-state index contributed by atoms with van der Waals surface area (Å²) in [6, 6.07) is 6.01. The van der Waals surface area contributed by atoms with Crippen molar-refractivity contribution in [3.05, 3.63) is 35.9 Å². The number of amides is 3. The molecule has 0 bridgehead atoms. The Labute approximate surface area is 203 Å². The number of rotatable bonds is 12. The number of carbonyl (C=O) groups is 4. The maximum Gasteiger partial charge on any atom is 0.408 e. The van der Waals surface area contributed by atoms with Gasteiger partial charge in [0.25, 0.3) is 0 Å². The van der Waals surface area contributed by atoms with Crippen molar-refractivity contribution in [2.45, 2.75) is 57.2 Å². The van der Waals surface area contributed by atoms with Gasteiger partial charge >= 0.3 is 6.09 Å². The Bertz CT molecular complexity index is 1010. The fraction of sp³-hybridized carbons (Fsp3) is 0.545. The molecule has 1 heterocycles. The molecule has 1 fully saturated rings.